The highest BCUT2D eigenvalue weighted by Gasteiger charge is 2.29. The molecule has 5 heteroatoms. The van der Waals surface area contributed by atoms with E-state index in [0.717, 1.165) is 12.1 Å². The number of nitrogens with one attached hydrogen (secondary N) is 1. The summed E-state index contributed by atoms with van der Waals surface area (Å²) < 4.78 is 0. The van der Waals surface area contributed by atoms with Crippen LogP contribution in [0.25, 0.3) is 0 Å². The van der Waals surface area contributed by atoms with Crippen molar-refractivity contribution in [2.24, 2.45) is 0 Å². The van der Waals surface area contributed by atoms with Gasteiger partial charge in [-0.3, -0.25) is 15.0 Å². The van der Waals surface area contributed by atoms with E-state index in [0.29, 0.717) is 17.8 Å². The summed E-state index contributed by atoms with van der Waals surface area (Å²) in [6.07, 6.45) is 2.54. The van der Waals surface area contributed by atoms with E-state index in [2.05, 4.69) is 24.2 Å². The lowest BCUT2D eigenvalue weighted by atomic mass is 10.2. The molecule has 1 saturated carbocycles. The predicted molar refractivity (Wildman–Crippen MR) is 76.6 cm³/mol. The first-order valence-electron chi connectivity index (χ1n) is 6.70. The van der Waals surface area contributed by atoms with Gasteiger partial charge in [0.2, 0.25) is 0 Å². The molecule has 104 valence electrons. The van der Waals surface area contributed by atoms with Crippen molar-refractivity contribution in [3.05, 3.63) is 33.9 Å². The van der Waals surface area contributed by atoms with Gasteiger partial charge in [0.15, 0.2) is 0 Å². The first-order chi connectivity index (χ1) is 8.99. The van der Waals surface area contributed by atoms with E-state index in [-0.39, 0.29) is 10.6 Å². The van der Waals surface area contributed by atoms with Crippen LogP contribution in [-0.4, -0.2) is 35.5 Å². The molecule has 1 aliphatic carbocycles. The van der Waals surface area contributed by atoms with Gasteiger partial charge in [0.05, 0.1) is 4.92 Å². The predicted octanol–water partition coefficient (Wildman–Crippen LogP) is 2.80. The van der Waals surface area contributed by atoms with Gasteiger partial charge in [-0.25, -0.2) is 0 Å². The monoisotopic (exact) mass is 263 g/mol. The Morgan fingerprint density at radius 2 is 2.21 bits per heavy atom. The molecule has 1 fully saturated rings. The minimum Gasteiger partial charge on any atom is -0.378 e. The fourth-order valence-corrected chi connectivity index (χ4v) is 2.19. The lowest BCUT2D eigenvalue weighted by Gasteiger charge is -2.25. The van der Waals surface area contributed by atoms with Gasteiger partial charge in [-0.15, -0.1) is 0 Å². The van der Waals surface area contributed by atoms with Gasteiger partial charge in [0.25, 0.3) is 5.69 Å². The lowest BCUT2D eigenvalue weighted by Crippen LogP contribution is -2.36. The molecule has 0 radical (unpaired) electrons. The number of hydrogen-bond acceptors (Lipinski definition) is 4. The van der Waals surface area contributed by atoms with Crippen molar-refractivity contribution in [2.45, 2.75) is 38.8 Å². The quantitative estimate of drug-likeness (QED) is 0.633. The van der Waals surface area contributed by atoms with Crippen LogP contribution in [0.5, 0.6) is 0 Å². The van der Waals surface area contributed by atoms with Crippen LogP contribution >= 0.6 is 0 Å². The number of rotatable bonds is 6. The van der Waals surface area contributed by atoms with Crippen molar-refractivity contribution in [2.75, 3.05) is 18.9 Å². The van der Waals surface area contributed by atoms with Gasteiger partial charge >= 0.3 is 0 Å². The first kappa shape index (κ1) is 13.8. The molecular formula is C14H21N3O2. The summed E-state index contributed by atoms with van der Waals surface area (Å²) in [7, 11) is 2.12. The highest BCUT2D eigenvalue weighted by atomic mass is 16.6. The largest absolute Gasteiger partial charge is 0.378 e. The van der Waals surface area contributed by atoms with Gasteiger partial charge in [-0.1, -0.05) is 6.07 Å². The number of likely N-dealkylation sites (N-methyl/N-ethyl adjacent to an activating group) is 1. The molecule has 0 aromatic heterocycles. The van der Waals surface area contributed by atoms with Gasteiger partial charge < -0.3 is 5.32 Å². The Labute approximate surface area is 113 Å². The highest BCUT2D eigenvalue weighted by Crippen LogP contribution is 2.28. The van der Waals surface area contributed by atoms with Crippen LogP contribution in [0.1, 0.15) is 25.3 Å². The molecule has 1 N–H and O–H groups in total. The zero-order valence-electron chi connectivity index (χ0n) is 11.7. The Bertz CT molecular complexity index is 472. The summed E-state index contributed by atoms with van der Waals surface area (Å²) >= 11 is 0. The zero-order valence-corrected chi connectivity index (χ0v) is 11.7. The molecule has 1 aromatic carbocycles. The second-order valence-corrected chi connectivity index (χ2v) is 5.40. The third-order valence-corrected chi connectivity index (χ3v) is 3.76. The third-order valence-electron chi connectivity index (χ3n) is 3.76. The molecule has 2 rings (SSSR count). The first-order valence-corrected chi connectivity index (χ1v) is 6.70. The second-order valence-electron chi connectivity index (χ2n) is 5.40. The maximum atomic E-state index is 11.0. The Hall–Kier alpha value is -1.62. The number of nitro groups is 1. The molecule has 0 bridgehead atoms. The average molecular weight is 263 g/mol. The Kier molecular flexibility index (Phi) is 4.04. The Balaban J connectivity index is 2.00. The number of benzene rings is 1. The number of nitrogens with zero attached hydrogens (tertiary/aromatic N) is 2. The SMILES string of the molecule is Cc1ccc(NCC(C)N(C)C2CC2)c([N+](=O)[O-])c1. The van der Waals surface area contributed by atoms with Crippen molar-refractivity contribution >= 4 is 11.4 Å². The molecule has 19 heavy (non-hydrogen) atoms. The molecule has 5 nitrogen and oxygen atoms in total. The molecule has 1 unspecified atom stereocenters. The van der Waals surface area contributed by atoms with Crippen LogP contribution in [0.4, 0.5) is 11.4 Å². The molecule has 0 spiro atoms. The van der Waals surface area contributed by atoms with E-state index in [1.807, 2.05) is 13.0 Å². The average Bonchev–Trinajstić information content (AvgIpc) is 3.20. The van der Waals surface area contributed by atoms with Crippen molar-refractivity contribution in [1.82, 2.24) is 4.90 Å². The smallest absolute Gasteiger partial charge is 0.292 e. The van der Waals surface area contributed by atoms with Gasteiger partial charge in [0.1, 0.15) is 5.69 Å². The van der Waals surface area contributed by atoms with Crippen molar-refractivity contribution < 1.29 is 4.92 Å². The van der Waals surface area contributed by atoms with Crippen LogP contribution in [0.3, 0.4) is 0 Å². The summed E-state index contributed by atoms with van der Waals surface area (Å²) in [4.78, 5) is 13.0. The van der Waals surface area contributed by atoms with E-state index in [9.17, 15) is 10.1 Å². The molecule has 1 atom stereocenters. The second kappa shape index (κ2) is 5.57. The summed E-state index contributed by atoms with van der Waals surface area (Å²) in [5, 5.41) is 14.2. The summed E-state index contributed by atoms with van der Waals surface area (Å²) in [6.45, 7) is 4.72. The van der Waals surface area contributed by atoms with E-state index >= 15 is 0 Å². The van der Waals surface area contributed by atoms with Crippen molar-refractivity contribution in [3.63, 3.8) is 0 Å². The fourth-order valence-electron chi connectivity index (χ4n) is 2.19. The number of anilines is 1. The van der Waals surface area contributed by atoms with Crippen molar-refractivity contribution in [3.8, 4) is 0 Å². The minimum atomic E-state index is -0.329. The summed E-state index contributed by atoms with van der Waals surface area (Å²) in [5.41, 5.74) is 1.66. The van der Waals surface area contributed by atoms with Crippen LogP contribution in [-0.2, 0) is 0 Å². The topological polar surface area (TPSA) is 58.4 Å². The van der Waals surface area contributed by atoms with Crippen LogP contribution in [0.2, 0.25) is 0 Å². The normalized spacial score (nSPS) is 16.4. The van der Waals surface area contributed by atoms with Crippen LogP contribution < -0.4 is 5.32 Å². The number of aryl methyl sites for hydroxylation is 1. The standard InChI is InChI=1S/C14H21N3O2/c1-10-4-7-13(14(8-10)17(18)19)15-9-11(2)16(3)12-5-6-12/h4,7-8,11-12,15H,5-6,9H2,1-3H3. The van der Waals surface area contributed by atoms with Crippen LogP contribution in [0, 0.1) is 17.0 Å². The highest BCUT2D eigenvalue weighted by molar-refractivity contribution is 5.62. The van der Waals surface area contributed by atoms with Gasteiger partial charge in [-0.05, 0) is 45.4 Å². The van der Waals surface area contributed by atoms with E-state index in [1.165, 1.54) is 12.8 Å². The maximum absolute atomic E-state index is 11.0. The van der Waals surface area contributed by atoms with Crippen molar-refractivity contribution in [1.29, 1.82) is 0 Å². The van der Waals surface area contributed by atoms with Crippen LogP contribution in [0.15, 0.2) is 18.2 Å². The third kappa shape index (κ3) is 3.44. The number of nitro benzene ring substituents is 1. The number of hydrogen-bond donors (Lipinski definition) is 1. The van der Waals surface area contributed by atoms with E-state index in [4.69, 9.17) is 0 Å². The summed E-state index contributed by atoms with van der Waals surface area (Å²) in [6, 6.07) is 6.36. The van der Waals surface area contributed by atoms with E-state index in [1.54, 1.807) is 12.1 Å². The lowest BCUT2D eigenvalue weighted by molar-refractivity contribution is -0.384. The Morgan fingerprint density at radius 3 is 2.79 bits per heavy atom. The molecule has 0 amide bonds. The maximum Gasteiger partial charge on any atom is 0.292 e. The zero-order chi connectivity index (χ0) is 14.0. The molecule has 0 heterocycles. The molecule has 0 saturated heterocycles. The molecule has 1 aliphatic rings. The van der Waals surface area contributed by atoms with E-state index < -0.39 is 0 Å². The fraction of sp³-hybridized carbons (Fsp3) is 0.571. The Morgan fingerprint density at radius 1 is 1.53 bits per heavy atom. The van der Waals surface area contributed by atoms with Gasteiger partial charge in [-0.2, -0.15) is 0 Å². The molecule has 1 aromatic rings. The molecular weight excluding hydrogens is 242 g/mol. The minimum absolute atomic E-state index is 0.154. The molecule has 0 aliphatic heterocycles. The summed E-state index contributed by atoms with van der Waals surface area (Å²) in [5.74, 6) is 0. The van der Waals surface area contributed by atoms with Gasteiger partial charge in [0, 0.05) is 24.7 Å².